The predicted molar refractivity (Wildman–Crippen MR) is 83.4 cm³/mol. The average Bonchev–Trinajstić information content (AvgIpc) is 2.53. The number of ether oxygens (including phenoxy) is 2. The highest BCUT2D eigenvalue weighted by Crippen LogP contribution is 2.32. The van der Waals surface area contributed by atoms with Crippen molar-refractivity contribution in [2.75, 3.05) is 13.2 Å². The van der Waals surface area contributed by atoms with Crippen molar-refractivity contribution in [2.24, 2.45) is 0 Å². The first-order valence-electron chi connectivity index (χ1n) is 6.36. The molecular formula is C16H11Cl2NO3. The third kappa shape index (κ3) is 4.14. The lowest BCUT2D eigenvalue weighted by atomic mass is 10.1. The van der Waals surface area contributed by atoms with Crippen LogP contribution in [0.2, 0.25) is 10.0 Å². The van der Waals surface area contributed by atoms with Crippen LogP contribution in [0.3, 0.4) is 0 Å². The van der Waals surface area contributed by atoms with Gasteiger partial charge in [-0.2, -0.15) is 5.26 Å². The molecule has 6 heteroatoms. The van der Waals surface area contributed by atoms with E-state index in [2.05, 4.69) is 0 Å². The lowest BCUT2D eigenvalue weighted by Crippen LogP contribution is -2.12. The Bertz CT molecular complexity index is 688. The number of halogens is 2. The summed E-state index contributed by atoms with van der Waals surface area (Å²) in [6.07, 6.45) is 0. The van der Waals surface area contributed by atoms with Crippen molar-refractivity contribution in [3.8, 4) is 11.8 Å². The van der Waals surface area contributed by atoms with E-state index in [1.807, 2.05) is 6.07 Å². The maximum Gasteiger partial charge on any atom is 0.338 e. The lowest BCUT2D eigenvalue weighted by molar-refractivity contribution is 0.0450. The molecule has 0 fully saturated rings. The highest BCUT2D eigenvalue weighted by Gasteiger charge is 2.09. The van der Waals surface area contributed by atoms with Gasteiger partial charge in [-0.1, -0.05) is 29.3 Å². The van der Waals surface area contributed by atoms with E-state index in [0.717, 1.165) is 0 Å². The molecule has 0 bridgehead atoms. The van der Waals surface area contributed by atoms with Gasteiger partial charge in [-0.3, -0.25) is 0 Å². The highest BCUT2D eigenvalue weighted by atomic mass is 35.5. The third-order valence-electron chi connectivity index (χ3n) is 2.73. The molecule has 2 aromatic carbocycles. The zero-order valence-corrected chi connectivity index (χ0v) is 12.9. The van der Waals surface area contributed by atoms with Gasteiger partial charge >= 0.3 is 5.97 Å². The quantitative estimate of drug-likeness (QED) is 0.609. The van der Waals surface area contributed by atoms with Crippen molar-refractivity contribution < 1.29 is 14.3 Å². The van der Waals surface area contributed by atoms with Crippen molar-refractivity contribution in [1.82, 2.24) is 0 Å². The molecule has 112 valence electrons. The van der Waals surface area contributed by atoms with Gasteiger partial charge in [0.05, 0.1) is 27.2 Å². The molecule has 2 rings (SSSR count). The van der Waals surface area contributed by atoms with Crippen LogP contribution in [-0.4, -0.2) is 19.2 Å². The standard InChI is InChI=1S/C16H11Cl2NO3/c17-13-2-1-3-14(18)15(13)21-8-9-22-16(20)12-6-4-11(10-19)5-7-12/h1-7H,8-9H2. The lowest BCUT2D eigenvalue weighted by Gasteiger charge is -2.10. The summed E-state index contributed by atoms with van der Waals surface area (Å²) in [5.41, 5.74) is 0.850. The number of carbonyl (C=O) groups is 1. The minimum atomic E-state index is -0.488. The Hall–Kier alpha value is -2.22. The van der Waals surface area contributed by atoms with Crippen LogP contribution in [0.4, 0.5) is 0 Å². The van der Waals surface area contributed by atoms with Gasteiger partial charge < -0.3 is 9.47 Å². The Labute approximate surface area is 137 Å². The van der Waals surface area contributed by atoms with E-state index in [4.69, 9.17) is 37.9 Å². The first kappa shape index (κ1) is 16.2. The number of para-hydroxylation sites is 1. The molecule has 0 radical (unpaired) electrons. The summed E-state index contributed by atoms with van der Waals surface area (Å²) in [6, 6.07) is 13.2. The van der Waals surface area contributed by atoms with Crippen LogP contribution in [0.25, 0.3) is 0 Å². The fourth-order valence-electron chi connectivity index (χ4n) is 1.66. The SMILES string of the molecule is N#Cc1ccc(C(=O)OCCOc2c(Cl)cccc2Cl)cc1. The molecule has 0 unspecified atom stereocenters. The van der Waals surface area contributed by atoms with Crippen LogP contribution >= 0.6 is 23.2 Å². The van der Waals surface area contributed by atoms with Crippen molar-refractivity contribution in [1.29, 1.82) is 5.26 Å². The molecule has 0 aliphatic heterocycles. The van der Waals surface area contributed by atoms with Gasteiger partial charge in [0.25, 0.3) is 0 Å². The monoisotopic (exact) mass is 335 g/mol. The summed E-state index contributed by atoms with van der Waals surface area (Å²) in [4.78, 5) is 11.8. The predicted octanol–water partition coefficient (Wildman–Crippen LogP) is 4.10. The number of esters is 1. The van der Waals surface area contributed by atoms with Gasteiger partial charge in [-0.05, 0) is 36.4 Å². The second-order valence-corrected chi connectivity index (χ2v) is 5.04. The average molecular weight is 336 g/mol. The smallest absolute Gasteiger partial charge is 0.338 e. The molecule has 0 atom stereocenters. The molecule has 0 heterocycles. The minimum Gasteiger partial charge on any atom is -0.487 e. The molecule has 2 aromatic rings. The van der Waals surface area contributed by atoms with Gasteiger partial charge in [-0.15, -0.1) is 0 Å². The largest absolute Gasteiger partial charge is 0.487 e. The van der Waals surface area contributed by atoms with E-state index < -0.39 is 5.97 Å². The van der Waals surface area contributed by atoms with Crippen molar-refractivity contribution in [2.45, 2.75) is 0 Å². The van der Waals surface area contributed by atoms with E-state index in [9.17, 15) is 4.79 Å². The Kier molecular flexibility index (Phi) is 5.65. The molecule has 22 heavy (non-hydrogen) atoms. The number of carbonyl (C=O) groups excluding carboxylic acids is 1. The van der Waals surface area contributed by atoms with E-state index in [0.29, 0.717) is 26.9 Å². The molecule has 0 N–H and O–H groups in total. The topological polar surface area (TPSA) is 59.3 Å². The summed E-state index contributed by atoms with van der Waals surface area (Å²) in [7, 11) is 0. The Balaban J connectivity index is 1.83. The second-order valence-electron chi connectivity index (χ2n) is 4.22. The Morgan fingerprint density at radius 1 is 1.05 bits per heavy atom. The summed E-state index contributed by atoms with van der Waals surface area (Å²) in [5, 5.41) is 9.48. The summed E-state index contributed by atoms with van der Waals surface area (Å²) < 4.78 is 10.5. The van der Waals surface area contributed by atoms with Crippen LogP contribution < -0.4 is 4.74 Å². The van der Waals surface area contributed by atoms with Crippen LogP contribution in [0.5, 0.6) is 5.75 Å². The second kappa shape index (κ2) is 7.69. The van der Waals surface area contributed by atoms with E-state index >= 15 is 0 Å². The molecule has 0 saturated heterocycles. The number of rotatable bonds is 5. The highest BCUT2D eigenvalue weighted by molar-refractivity contribution is 6.37. The van der Waals surface area contributed by atoms with E-state index in [-0.39, 0.29) is 13.2 Å². The zero-order valence-electron chi connectivity index (χ0n) is 11.4. The van der Waals surface area contributed by atoms with Crippen molar-refractivity contribution in [3.63, 3.8) is 0 Å². The van der Waals surface area contributed by atoms with Gasteiger partial charge in [0, 0.05) is 0 Å². The van der Waals surface area contributed by atoms with Crippen LogP contribution in [-0.2, 0) is 4.74 Å². The molecule has 0 spiro atoms. The number of nitrogens with zero attached hydrogens (tertiary/aromatic N) is 1. The fraction of sp³-hybridized carbons (Fsp3) is 0.125. The number of hydrogen-bond acceptors (Lipinski definition) is 4. The van der Waals surface area contributed by atoms with Gasteiger partial charge in [-0.25, -0.2) is 4.79 Å². The van der Waals surface area contributed by atoms with Gasteiger partial charge in [0.2, 0.25) is 0 Å². The Morgan fingerprint density at radius 3 is 2.27 bits per heavy atom. The number of hydrogen-bond donors (Lipinski definition) is 0. The molecule has 4 nitrogen and oxygen atoms in total. The van der Waals surface area contributed by atoms with Crippen LogP contribution in [0, 0.1) is 11.3 Å². The van der Waals surface area contributed by atoms with Crippen LogP contribution in [0.1, 0.15) is 15.9 Å². The maximum absolute atomic E-state index is 11.8. The van der Waals surface area contributed by atoms with Crippen LogP contribution in [0.15, 0.2) is 42.5 Å². The third-order valence-corrected chi connectivity index (χ3v) is 3.33. The van der Waals surface area contributed by atoms with E-state index in [1.54, 1.807) is 30.3 Å². The minimum absolute atomic E-state index is 0.0559. The summed E-state index contributed by atoms with van der Waals surface area (Å²) in [6.45, 7) is 0.186. The van der Waals surface area contributed by atoms with Crippen molar-refractivity contribution in [3.05, 3.63) is 63.6 Å². The number of benzene rings is 2. The molecule has 0 aliphatic rings. The van der Waals surface area contributed by atoms with Gasteiger partial charge in [0.15, 0.2) is 5.75 Å². The maximum atomic E-state index is 11.8. The molecular weight excluding hydrogens is 325 g/mol. The molecule has 0 aromatic heterocycles. The first-order chi connectivity index (χ1) is 10.6. The van der Waals surface area contributed by atoms with Gasteiger partial charge in [0.1, 0.15) is 13.2 Å². The normalized spacial score (nSPS) is 9.86. The fourth-order valence-corrected chi connectivity index (χ4v) is 2.17. The summed E-state index contributed by atoms with van der Waals surface area (Å²) >= 11 is 11.9. The van der Waals surface area contributed by atoms with Crippen molar-refractivity contribution >= 4 is 29.2 Å². The molecule has 0 aliphatic carbocycles. The zero-order chi connectivity index (χ0) is 15.9. The first-order valence-corrected chi connectivity index (χ1v) is 7.11. The molecule has 0 saturated carbocycles. The summed E-state index contributed by atoms with van der Waals surface area (Å²) in [5.74, 6) is -0.126. The number of nitriles is 1. The Morgan fingerprint density at radius 2 is 1.68 bits per heavy atom. The van der Waals surface area contributed by atoms with E-state index in [1.165, 1.54) is 12.1 Å². The molecule has 0 amide bonds.